The Morgan fingerprint density at radius 1 is 0.362 bits per heavy atom. The van der Waals surface area contributed by atoms with E-state index in [0.717, 1.165) is 135 Å². The topological polar surface area (TPSA) is 78.9 Å². The van der Waals surface area contributed by atoms with Crippen LogP contribution in [-0.4, -0.2) is 37.2 Å². The van der Waals surface area contributed by atoms with Crippen molar-refractivity contribution in [3.8, 4) is 0 Å². The summed E-state index contributed by atoms with van der Waals surface area (Å²) in [5.41, 5.74) is 0. The normalized spacial score (nSPS) is 12.9. The molecule has 0 saturated heterocycles. The maximum atomic E-state index is 12.7. The Morgan fingerprint density at radius 2 is 0.690 bits per heavy atom. The molecule has 0 fully saturated rings. The molecular formula is C52H84O6. The minimum atomic E-state index is -0.798. The van der Waals surface area contributed by atoms with Gasteiger partial charge in [0.05, 0.1) is 0 Å². The maximum Gasteiger partial charge on any atom is 0.306 e. The fourth-order valence-electron chi connectivity index (χ4n) is 5.81. The quantitative estimate of drug-likeness (QED) is 0.0266. The first kappa shape index (κ1) is 54.3. The Bertz CT molecular complexity index is 1200. The van der Waals surface area contributed by atoms with Gasteiger partial charge in [-0.3, -0.25) is 14.4 Å². The second-order valence-corrected chi connectivity index (χ2v) is 14.9. The van der Waals surface area contributed by atoms with Gasteiger partial charge < -0.3 is 14.2 Å². The second kappa shape index (κ2) is 46.0. The fourth-order valence-corrected chi connectivity index (χ4v) is 5.81. The molecule has 328 valence electrons. The molecule has 0 N–H and O–H groups in total. The summed E-state index contributed by atoms with van der Waals surface area (Å²) in [6.07, 6.45) is 59.9. The largest absolute Gasteiger partial charge is 0.462 e. The molecule has 0 heterocycles. The van der Waals surface area contributed by atoms with E-state index in [0.29, 0.717) is 19.3 Å². The third-order valence-corrected chi connectivity index (χ3v) is 9.32. The predicted molar refractivity (Wildman–Crippen MR) is 247 cm³/mol. The standard InChI is InChI=1S/C52H84O6/c1-4-7-10-13-15-17-19-21-23-24-25-26-27-28-29-31-32-34-36-39-42-45-51(54)57-48-49(47-56-50(53)44-41-38-12-9-6-3)58-52(55)46-43-40-37-35-33-30-22-20-18-16-14-11-8-5-2/h7,10,14-17,20-23,25-26,28-29,32,34,49H,4-6,8-9,11-13,18-19,24,27,30-31,33,35-48H2,1-3H3/b10-7-,16-14-,17-15-,22-20-,23-21-,26-25-,29-28-,34-32-. The lowest BCUT2D eigenvalue weighted by Crippen LogP contribution is -2.30. The summed E-state index contributed by atoms with van der Waals surface area (Å²) in [6.45, 7) is 6.32. The summed E-state index contributed by atoms with van der Waals surface area (Å²) in [7, 11) is 0. The van der Waals surface area contributed by atoms with Crippen LogP contribution in [0.15, 0.2) is 97.2 Å². The van der Waals surface area contributed by atoms with E-state index in [1.54, 1.807) is 0 Å². The van der Waals surface area contributed by atoms with Crippen molar-refractivity contribution in [2.45, 2.75) is 200 Å². The Kier molecular flexibility index (Phi) is 43.1. The highest BCUT2D eigenvalue weighted by Gasteiger charge is 2.19. The van der Waals surface area contributed by atoms with E-state index in [-0.39, 0.29) is 31.1 Å². The number of hydrogen-bond donors (Lipinski definition) is 0. The van der Waals surface area contributed by atoms with Gasteiger partial charge >= 0.3 is 17.9 Å². The SMILES string of the molecule is CC/C=C\C/C=C\C/C=C\C/C=C\C/C=C\C/C=C\CCCCC(=O)OCC(COC(=O)CCCCCCC)OC(=O)CCCCCCC/C=C\C/C=C\CCCC. The highest BCUT2D eigenvalue weighted by Crippen LogP contribution is 2.12. The monoisotopic (exact) mass is 805 g/mol. The smallest absolute Gasteiger partial charge is 0.306 e. The number of unbranched alkanes of at least 4 members (excludes halogenated alkanes) is 13. The minimum Gasteiger partial charge on any atom is -0.462 e. The Labute approximate surface area is 356 Å². The lowest BCUT2D eigenvalue weighted by atomic mass is 10.1. The van der Waals surface area contributed by atoms with Gasteiger partial charge in [-0.05, 0) is 96.3 Å². The van der Waals surface area contributed by atoms with Crippen molar-refractivity contribution in [2.24, 2.45) is 0 Å². The molecule has 0 amide bonds. The van der Waals surface area contributed by atoms with Crippen LogP contribution in [0.1, 0.15) is 194 Å². The summed E-state index contributed by atoms with van der Waals surface area (Å²) in [5, 5.41) is 0. The molecule has 6 nitrogen and oxygen atoms in total. The Balaban J connectivity index is 4.33. The van der Waals surface area contributed by atoms with Crippen LogP contribution in [-0.2, 0) is 28.6 Å². The lowest BCUT2D eigenvalue weighted by Gasteiger charge is -2.18. The second-order valence-electron chi connectivity index (χ2n) is 14.9. The third kappa shape index (κ3) is 43.5. The van der Waals surface area contributed by atoms with Gasteiger partial charge in [0.25, 0.3) is 0 Å². The number of carbonyl (C=O) groups is 3. The van der Waals surface area contributed by atoms with Crippen LogP contribution in [0.25, 0.3) is 0 Å². The highest BCUT2D eigenvalue weighted by atomic mass is 16.6. The number of hydrogen-bond acceptors (Lipinski definition) is 6. The van der Waals surface area contributed by atoms with E-state index < -0.39 is 6.10 Å². The molecule has 0 saturated carbocycles. The van der Waals surface area contributed by atoms with E-state index in [1.165, 1.54) is 19.3 Å². The van der Waals surface area contributed by atoms with Crippen LogP contribution in [0.3, 0.4) is 0 Å². The highest BCUT2D eigenvalue weighted by molar-refractivity contribution is 5.71. The van der Waals surface area contributed by atoms with Gasteiger partial charge in [0, 0.05) is 19.3 Å². The van der Waals surface area contributed by atoms with Crippen molar-refractivity contribution in [2.75, 3.05) is 13.2 Å². The molecule has 0 aliphatic carbocycles. The molecule has 0 aromatic rings. The molecular weight excluding hydrogens is 721 g/mol. The molecule has 0 aromatic carbocycles. The summed E-state index contributed by atoms with van der Waals surface area (Å²) in [5.74, 6) is -0.983. The maximum absolute atomic E-state index is 12.7. The van der Waals surface area contributed by atoms with Crippen LogP contribution >= 0.6 is 0 Å². The fraction of sp³-hybridized carbons (Fsp3) is 0.635. The zero-order valence-corrected chi connectivity index (χ0v) is 37.3. The van der Waals surface area contributed by atoms with Gasteiger partial charge in [-0.25, -0.2) is 0 Å². The number of esters is 3. The van der Waals surface area contributed by atoms with Crippen molar-refractivity contribution >= 4 is 17.9 Å². The number of ether oxygens (including phenoxy) is 3. The van der Waals surface area contributed by atoms with Crippen molar-refractivity contribution in [3.05, 3.63) is 97.2 Å². The number of carbonyl (C=O) groups excluding carboxylic acids is 3. The molecule has 58 heavy (non-hydrogen) atoms. The van der Waals surface area contributed by atoms with Gasteiger partial charge in [-0.15, -0.1) is 0 Å². The molecule has 0 aliphatic rings. The average Bonchev–Trinajstić information content (AvgIpc) is 3.22. The Hall–Kier alpha value is -3.67. The summed E-state index contributed by atoms with van der Waals surface area (Å²) in [6, 6.07) is 0. The van der Waals surface area contributed by atoms with E-state index in [9.17, 15) is 14.4 Å². The van der Waals surface area contributed by atoms with Gasteiger partial charge in [0.2, 0.25) is 0 Å². The average molecular weight is 805 g/mol. The van der Waals surface area contributed by atoms with Crippen LogP contribution in [0.2, 0.25) is 0 Å². The lowest BCUT2D eigenvalue weighted by molar-refractivity contribution is -0.167. The summed E-state index contributed by atoms with van der Waals surface area (Å²) in [4.78, 5) is 37.5. The van der Waals surface area contributed by atoms with Gasteiger partial charge in [-0.1, -0.05) is 176 Å². The van der Waals surface area contributed by atoms with Crippen molar-refractivity contribution in [3.63, 3.8) is 0 Å². The zero-order chi connectivity index (χ0) is 42.3. The molecule has 0 aliphatic heterocycles. The van der Waals surface area contributed by atoms with Gasteiger partial charge in [0.15, 0.2) is 6.10 Å². The number of rotatable bonds is 40. The molecule has 0 bridgehead atoms. The van der Waals surface area contributed by atoms with Crippen LogP contribution in [0.5, 0.6) is 0 Å². The minimum absolute atomic E-state index is 0.0997. The zero-order valence-electron chi connectivity index (χ0n) is 37.3. The molecule has 0 radical (unpaired) electrons. The van der Waals surface area contributed by atoms with Crippen LogP contribution in [0, 0.1) is 0 Å². The van der Waals surface area contributed by atoms with E-state index >= 15 is 0 Å². The predicted octanol–water partition coefficient (Wildman–Crippen LogP) is 15.0. The van der Waals surface area contributed by atoms with Crippen molar-refractivity contribution < 1.29 is 28.6 Å². The van der Waals surface area contributed by atoms with Crippen molar-refractivity contribution in [1.82, 2.24) is 0 Å². The first-order valence-electron chi connectivity index (χ1n) is 23.2. The van der Waals surface area contributed by atoms with Gasteiger partial charge in [-0.2, -0.15) is 0 Å². The summed E-state index contributed by atoms with van der Waals surface area (Å²) >= 11 is 0. The third-order valence-electron chi connectivity index (χ3n) is 9.32. The molecule has 1 atom stereocenters. The molecule has 0 aromatic heterocycles. The molecule has 6 heteroatoms. The van der Waals surface area contributed by atoms with E-state index in [4.69, 9.17) is 14.2 Å². The van der Waals surface area contributed by atoms with E-state index in [2.05, 4.69) is 118 Å². The van der Waals surface area contributed by atoms with E-state index in [1.807, 2.05) is 0 Å². The van der Waals surface area contributed by atoms with Crippen LogP contribution in [0.4, 0.5) is 0 Å². The van der Waals surface area contributed by atoms with Crippen molar-refractivity contribution in [1.29, 1.82) is 0 Å². The summed E-state index contributed by atoms with van der Waals surface area (Å²) < 4.78 is 16.6. The van der Waals surface area contributed by atoms with Gasteiger partial charge in [0.1, 0.15) is 13.2 Å². The Morgan fingerprint density at radius 3 is 1.14 bits per heavy atom. The van der Waals surface area contributed by atoms with Crippen LogP contribution < -0.4 is 0 Å². The first-order chi connectivity index (χ1) is 28.5. The molecule has 0 rings (SSSR count). The molecule has 1 unspecified atom stereocenters. The number of allylic oxidation sites excluding steroid dienone is 16. The first-order valence-corrected chi connectivity index (χ1v) is 23.2. The molecule has 0 spiro atoms.